The summed E-state index contributed by atoms with van der Waals surface area (Å²) in [6.45, 7) is 5.97. The Hall–Kier alpha value is -0.0800. The zero-order chi connectivity index (χ0) is 7.11. The van der Waals surface area contributed by atoms with Crippen molar-refractivity contribution in [1.29, 1.82) is 0 Å². The second-order valence-corrected chi connectivity index (χ2v) is 2.03. The van der Waals surface area contributed by atoms with Gasteiger partial charge in [0.15, 0.2) is 0 Å². The molecule has 1 aliphatic rings. The standard InChI is InChI=1S/C5H12N2.C2H6/c6-4-5-2-1-3-7-5;1-2/h5,7H,1-4,6H2;1-2H3. The third kappa shape index (κ3) is 3.49. The van der Waals surface area contributed by atoms with Gasteiger partial charge >= 0.3 is 0 Å². The van der Waals surface area contributed by atoms with Gasteiger partial charge in [-0.2, -0.15) is 0 Å². The molecule has 0 aromatic heterocycles. The Bertz CT molecular complexity index is 48.9. The van der Waals surface area contributed by atoms with Crippen molar-refractivity contribution in [2.75, 3.05) is 13.1 Å². The molecular weight excluding hydrogens is 112 g/mol. The van der Waals surface area contributed by atoms with Crippen LogP contribution in [0.1, 0.15) is 26.7 Å². The number of nitrogens with one attached hydrogen (secondary N) is 1. The summed E-state index contributed by atoms with van der Waals surface area (Å²) in [5.74, 6) is 0. The molecular formula is C7H18N2. The Labute approximate surface area is 57.8 Å². The lowest BCUT2D eigenvalue weighted by molar-refractivity contribution is 0.616. The molecule has 0 saturated carbocycles. The Kier molecular flexibility index (Phi) is 5.99. The maximum Gasteiger partial charge on any atom is 0.0190 e. The van der Waals surface area contributed by atoms with E-state index in [1.54, 1.807) is 0 Å². The summed E-state index contributed by atoms with van der Waals surface area (Å²) in [5.41, 5.74) is 5.37. The van der Waals surface area contributed by atoms with Gasteiger partial charge in [0.1, 0.15) is 0 Å². The first-order chi connectivity index (χ1) is 4.43. The summed E-state index contributed by atoms with van der Waals surface area (Å²) >= 11 is 0. The lowest BCUT2D eigenvalue weighted by Gasteiger charge is -2.02. The maximum atomic E-state index is 5.37. The molecule has 3 N–H and O–H groups in total. The molecule has 1 unspecified atom stereocenters. The third-order valence-electron chi connectivity index (χ3n) is 1.45. The van der Waals surface area contributed by atoms with Crippen molar-refractivity contribution in [3.8, 4) is 0 Å². The van der Waals surface area contributed by atoms with Crippen LogP contribution < -0.4 is 11.1 Å². The molecule has 0 amide bonds. The molecule has 1 heterocycles. The van der Waals surface area contributed by atoms with E-state index in [1.807, 2.05) is 13.8 Å². The van der Waals surface area contributed by atoms with Gasteiger partial charge in [-0.05, 0) is 19.4 Å². The molecule has 1 saturated heterocycles. The summed E-state index contributed by atoms with van der Waals surface area (Å²) in [7, 11) is 0. The van der Waals surface area contributed by atoms with E-state index >= 15 is 0 Å². The van der Waals surface area contributed by atoms with Crippen LogP contribution in [0.2, 0.25) is 0 Å². The van der Waals surface area contributed by atoms with Crippen LogP contribution in [0.3, 0.4) is 0 Å². The van der Waals surface area contributed by atoms with Crippen LogP contribution in [0.15, 0.2) is 0 Å². The van der Waals surface area contributed by atoms with Crippen LogP contribution in [0.4, 0.5) is 0 Å². The molecule has 1 fully saturated rings. The van der Waals surface area contributed by atoms with Crippen molar-refractivity contribution in [2.45, 2.75) is 32.7 Å². The molecule has 0 aromatic carbocycles. The Balaban J connectivity index is 0.000000291. The lowest BCUT2D eigenvalue weighted by Crippen LogP contribution is -2.29. The molecule has 1 atom stereocenters. The normalized spacial score (nSPS) is 25.0. The molecule has 0 radical (unpaired) electrons. The van der Waals surface area contributed by atoms with Gasteiger partial charge < -0.3 is 11.1 Å². The molecule has 9 heavy (non-hydrogen) atoms. The van der Waals surface area contributed by atoms with E-state index in [9.17, 15) is 0 Å². The highest BCUT2D eigenvalue weighted by molar-refractivity contribution is 4.73. The summed E-state index contributed by atoms with van der Waals surface area (Å²) < 4.78 is 0. The quantitative estimate of drug-likeness (QED) is 0.549. The van der Waals surface area contributed by atoms with E-state index < -0.39 is 0 Å². The van der Waals surface area contributed by atoms with Crippen LogP contribution in [-0.2, 0) is 0 Å². The molecule has 1 rings (SSSR count). The van der Waals surface area contributed by atoms with E-state index in [-0.39, 0.29) is 0 Å². The van der Waals surface area contributed by atoms with Gasteiger partial charge in [0.05, 0.1) is 0 Å². The molecule has 0 spiro atoms. The molecule has 0 aromatic rings. The smallest absolute Gasteiger partial charge is 0.0190 e. The molecule has 56 valence electrons. The number of hydrogen-bond donors (Lipinski definition) is 2. The summed E-state index contributed by atoms with van der Waals surface area (Å²) in [6, 6.07) is 0.625. The van der Waals surface area contributed by atoms with Crippen molar-refractivity contribution >= 4 is 0 Å². The van der Waals surface area contributed by atoms with Crippen LogP contribution in [0.5, 0.6) is 0 Å². The molecule has 1 aliphatic heterocycles. The Morgan fingerprint density at radius 2 is 2.22 bits per heavy atom. The van der Waals surface area contributed by atoms with Gasteiger partial charge in [-0.15, -0.1) is 0 Å². The SMILES string of the molecule is CC.NCC1CCCN1. The zero-order valence-electron chi connectivity index (χ0n) is 6.48. The van der Waals surface area contributed by atoms with E-state index in [2.05, 4.69) is 5.32 Å². The van der Waals surface area contributed by atoms with Gasteiger partial charge in [-0.25, -0.2) is 0 Å². The highest BCUT2D eigenvalue weighted by Gasteiger charge is 2.09. The topological polar surface area (TPSA) is 38.0 Å². The van der Waals surface area contributed by atoms with Gasteiger partial charge in [0.25, 0.3) is 0 Å². The summed E-state index contributed by atoms with van der Waals surface area (Å²) in [4.78, 5) is 0. The highest BCUT2D eigenvalue weighted by Crippen LogP contribution is 2.01. The maximum absolute atomic E-state index is 5.37. The van der Waals surface area contributed by atoms with Gasteiger partial charge in [-0.3, -0.25) is 0 Å². The average molecular weight is 130 g/mol. The Morgan fingerprint density at radius 3 is 2.44 bits per heavy atom. The zero-order valence-corrected chi connectivity index (χ0v) is 6.48. The fraction of sp³-hybridized carbons (Fsp3) is 1.00. The first-order valence-corrected chi connectivity index (χ1v) is 3.87. The van der Waals surface area contributed by atoms with E-state index in [0.717, 1.165) is 6.54 Å². The van der Waals surface area contributed by atoms with E-state index in [1.165, 1.54) is 19.4 Å². The van der Waals surface area contributed by atoms with E-state index in [0.29, 0.717) is 6.04 Å². The van der Waals surface area contributed by atoms with Crippen molar-refractivity contribution < 1.29 is 0 Å². The summed E-state index contributed by atoms with van der Waals surface area (Å²) in [6.07, 6.45) is 2.58. The van der Waals surface area contributed by atoms with Crippen LogP contribution in [-0.4, -0.2) is 19.1 Å². The van der Waals surface area contributed by atoms with Crippen molar-refractivity contribution in [2.24, 2.45) is 5.73 Å². The van der Waals surface area contributed by atoms with E-state index in [4.69, 9.17) is 5.73 Å². The fourth-order valence-corrected chi connectivity index (χ4v) is 0.958. The fourth-order valence-electron chi connectivity index (χ4n) is 0.958. The lowest BCUT2D eigenvalue weighted by atomic mass is 10.2. The third-order valence-corrected chi connectivity index (χ3v) is 1.45. The van der Waals surface area contributed by atoms with Crippen LogP contribution in [0, 0.1) is 0 Å². The first kappa shape index (κ1) is 8.92. The molecule has 2 nitrogen and oxygen atoms in total. The van der Waals surface area contributed by atoms with Crippen molar-refractivity contribution in [1.82, 2.24) is 5.32 Å². The minimum absolute atomic E-state index is 0.625. The largest absolute Gasteiger partial charge is 0.329 e. The summed E-state index contributed by atoms with van der Waals surface area (Å²) in [5, 5.41) is 3.28. The van der Waals surface area contributed by atoms with Gasteiger partial charge in [0, 0.05) is 12.6 Å². The molecule has 0 aliphatic carbocycles. The van der Waals surface area contributed by atoms with Crippen molar-refractivity contribution in [3.05, 3.63) is 0 Å². The number of rotatable bonds is 1. The number of hydrogen-bond acceptors (Lipinski definition) is 2. The number of nitrogens with two attached hydrogens (primary N) is 1. The van der Waals surface area contributed by atoms with Crippen LogP contribution in [0.25, 0.3) is 0 Å². The van der Waals surface area contributed by atoms with Gasteiger partial charge in [0.2, 0.25) is 0 Å². The average Bonchev–Trinajstić information content (AvgIpc) is 2.43. The first-order valence-electron chi connectivity index (χ1n) is 3.87. The van der Waals surface area contributed by atoms with Crippen LogP contribution >= 0.6 is 0 Å². The molecule has 2 heteroatoms. The second kappa shape index (κ2) is 6.05. The predicted molar refractivity (Wildman–Crippen MR) is 41.4 cm³/mol. The second-order valence-electron chi connectivity index (χ2n) is 2.03. The van der Waals surface area contributed by atoms with Crippen molar-refractivity contribution in [3.63, 3.8) is 0 Å². The predicted octanol–water partition coefficient (Wildman–Crippen LogP) is 0.723. The minimum Gasteiger partial charge on any atom is -0.329 e. The minimum atomic E-state index is 0.625. The Morgan fingerprint density at radius 1 is 1.56 bits per heavy atom. The highest BCUT2D eigenvalue weighted by atomic mass is 15.0. The monoisotopic (exact) mass is 130 g/mol. The van der Waals surface area contributed by atoms with Gasteiger partial charge in [-0.1, -0.05) is 13.8 Å². The molecule has 0 bridgehead atoms.